The first-order chi connectivity index (χ1) is 11.7. The van der Waals surface area contributed by atoms with E-state index in [-0.39, 0.29) is 5.91 Å². The van der Waals surface area contributed by atoms with Crippen LogP contribution in [0.5, 0.6) is 0 Å². The van der Waals surface area contributed by atoms with Gasteiger partial charge in [-0.1, -0.05) is 25.1 Å². The maximum Gasteiger partial charge on any atom is 0.223 e. The Balaban J connectivity index is 1.54. The van der Waals surface area contributed by atoms with E-state index in [4.69, 9.17) is 0 Å². The summed E-state index contributed by atoms with van der Waals surface area (Å²) < 4.78 is 1.86. The lowest BCUT2D eigenvalue weighted by atomic mass is 10.1. The molecule has 1 amide bonds. The van der Waals surface area contributed by atoms with Crippen molar-refractivity contribution in [1.82, 2.24) is 19.6 Å². The highest BCUT2D eigenvalue weighted by Gasteiger charge is 2.26. The molecule has 1 aromatic heterocycles. The largest absolute Gasteiger partial charge is 0.337 e. The molecule has 2 aromatic rings. The first-order valence-corrected chi connectivity index (χ1v) is 8.78. The summed E-state index contributed by atoms with van der Waals surface area (Å²) in [6, 6.07) is 10.3. The average Bonchev–Trinajstić information content (AvgIpc) is 3.09. The zero-order valence-corrected chi connectivity index (χ0v) is 14.6. The van der Waals surface area contributed by atoms with Gasteiger partial charge in [0.1, 0.15) is 0 Å². The van der Waals surface area contributed by atoms with E-state index in [0.717, 1.165) is 43.9 Å². The van der Waals surface area contributed by atoms with Crippen LogP contribution in [0.2, 0.25) is 0 Å². The lowest BCUT2D eigenvalue weighted by Gasteiger charge is -2.39. The van der Waals surface area contributed by atoms with Crippen LogP contribution in [-0.4, -0.2) is 57.7 Å². The first-order valence-electron chi connectivity index (χ1n) is 8.78. The minimum atomic E-state index is 0.255. The number of hydrogen-bond acceptors (Lipinski definition) is 3. The van der Waals surface area contributed by atoms with E-state index in [1.54, 1.807) is 0 Å². The van der Waals surface area contributed by atoms with E-state index < -0.39 is 0 Å². The number of likely N-dealkylation sites (N-methyl/N-ethyl adjacent to an activating group) is 1. The molecule has 1 atom stereocenters. The maximum atomic E-state index is 12.5. The number of para-hydroxylation sites is 1. The fourth-order valence-electron chi connectivity index (χ4n) is 3.30. The first kappa shape index (κ1) is 16.7. The summed E-state index contributed by atoms with van der Waals surface area (Å²) in [6.07, 6.45) is 5.17. The fraction of sp³-hybridized carbons (Fsp3) is 0.474. The Morgan fingerprint density at radius 3 is 2.75 bits per heavy atom. The summed E-state index contributed by atoms with van der Waals surface area (Å²) in [7, 11) is 0. The molecule has 24 heavy (non-hydrogen) atoms. The number of aryl methyl sites for hydroxylation is 1. The Kier molecular flexibility index (Phi) is 5.30. The van der Waals surface area contributed by atoms with Gasteiger partial charge in [-0.3, -0.25) is 9.69 Å². The predicted octanol–water partition coefficient (Wildman–Crippen LogP) is 2.36. The van der Waals surface area contributed by atoms with Crippen LogP contribution in [-0.2, 0) is 11.2 Å². The predicted molar refractivity (Wildman–Crippen MR) is 95.2 cm³/mol. The van der Waals surface area contributed by atoms with Gasteiger partial charge >= 0.3 is 0 Å². The summed E-state index contributed by atoms with van der Waals surface area (Å²) in [6.45, 7) is 8.19. The third-order valence-electron chi connectivity index (χ3n) is 4.76. The number of benzene rings is 1. The monoisotopic (exact) mass is 326 g/mol. The number of carbonyl (C=O) groups is 1. The number of aromatic nitrogens is 2. The van der Waals surface area contributed by atoms with Crippen molar-refractivity contribution in [3.63, 3.8) is 0 Å². The molecule has 0 radical (unpaired) electrons. The van der Waals surface area contributed by atoms with Crippen molar-refractivity contribution >= 4 is 5.91 Å². The molecule has 128 valence electrons. The molecule has 1 aliphatic rings. The van der Waals surface area contributed by atoms with Crippen molar-refractivity contribution in [1.29, 1.82) is 0 Å². The van der Waals surface area contributed by atoms with Crippen LogP contribution < -0.4 is 0 Å². The standard InChI is InChI=1S/C19H26N4O/c1-3-21-11-12-22(16(2)14-21)19(24)10-9-17-13-20-23(15-17)18-7-5-4-6-8-18/h4-8,13,15-16H,3,9-12,14H2,1-2H3. The molecule has 1 aromatic carbocycles. The number of rotatable bonds is 5. The summed E-state index contributed by atoms with van der Waals surface area (Å²) in [5.74, 6) is 0.255. The minimum Gasteiger partial charge on any atom is -0.337 e. The summed E-state index contributed by atoms with van der Waals surface area (Å²) >= 11 is 0. The van der Waals surface area contributed by atoms with Crippen LogP contribution in [0.4, 0.5) is 0 Å². The summed E-state index contributed by atoms with van der Waals surface area (Å²) in [5.41, 5.74) is 2.14. The van der Waals surface area contributed by atoms with Crippen molar-refractivity contribution in [3.05, 3.63) is 48.3 Å². The van der Waals surface area contributed by atoms with E-state index in [9.17, 15) is 4.79 Å². The highest BCUT2D eigenvalue weighted by Crippen LogP contribution is 2.13. The molecular weight excluding hydrogens is 300 g/mol. The number of hydrogen-bond donors (Lipinski definition) is 0. The van der Waals surface area contributed by atoms with Gasteiger partial charge in [0.15, 0.2) is 0 Å². The van der Waals surface area contributed by atoms with Gasteiger partial charge in [0.25, 0.3) is 0 Å². The molecule has 0 spiro atoms. The van der Waals surface area contributed by atoms with Crippen molar-refractivity contribution in [3.8, 4) is 5.69 Å². The quantitative estimate of drug-likeness (QED) is 0.847. The number of piperazine rings is 1. The summed E-state index contributed by atoms with van der Waals surface area (Å²) in [5, 5.41) is 4.40. The normalized spacial score (nSPS) is 18.8. The Morgan fingerprint density at radius 2 is 2.04 bits per heavy atom. The van der Waals surface area contributed by atoms with E-state index in [1.165, 1.54) is 0 Å². The smallest absolute Gasteiger partial charge is 0.223 e. The van der Waals surface area contributed by atoms with Gasteiger partial charge < -0.3 is 4.90 Å². The second kappa shape index (κ2) is 7.62. The SMILES string of the molecule is CCN1CCN(C(=O)CCc2cnn(-c3ccccc3)c2)C(C)C1. The van der Waals surface area contributed by atoms with Gasteiger partial charge in [-0.05, 0) is 37.6 Å². The molecule has 0 N–H and O–H groups in total. The van der Waals surface area contributed by atoms with Crippen LogP contribution in [0.3, 0.4) is 0 Å². The van der Waals surface area contributed by atoms with E-state index in [1.807, 2.05) is 52.3 Å². The molecule has 0 aliphatic carbocycles. The molecule has 0 bridgehead atoms. The number of amides is 1. The highest BCUT2D eigenvalue weighted by molar-refractivity contribution is 5.77. The van der Waals surface area contributed by atoms with E-state index in [0.29, 0.717) is 12.5 Å². The Morgan fingerprint density at radius 1 is 1.25 bits per heavy atom. The van der Waals surface area contributed by atoms with E-state index in [2.05, 4.69) is 23.8 Å². The van der Waals surface area contributed by atoms with Crippen molar-refractivity contribution < 1.29 is 4.79 Å². The Labute approximate surface area is 143 Å². The average molecular weight is 326 g/mol. The van der Waals surface area contributed by atoms with Crippen LogP contribution in [0.25, 0.3) is 5.69 Å². The summed E-state index contributed by atoms with van der Waals surface area (Å²) in [4.78, 5) is 17.0. The van der Waals surface area contributed by atoms with Gasteiger partial charge in [-0.25, -0.2) is 4.68 Å². The van der Waals surface area contributed by atoms with E-state index >= 15 is 0 Å². The van der Waals surface area contributed by atoms with Crippen molar-refractivity contribution in [2.75, 3.05) is 26.2 Å². The molecule has 5 nitrogen and oxygen atoms in total. The second-order valence-electron chi connectivity index (χ2n) is 6.46. The molecule has 1 unspecified atom stereocenters. The molecule has 1 fully saturated rings. The maximum absolute atomic E-state index is 12.5. The molecule has 0 saturated carbocycles. The lowest BCUT2D eigenvalue weighted by Crippen LogP contribution is -2.53. The molecule has 1 saturated heterocycles. The van der Waals surface area contributed by atoms with Gasteiger partial charge in [0.05, 0.1) is 11.9 Å². The zero-order chi connectivity index (χ0) is 16.9. The minimum absolute atomic E-state index is 0.255. The second-order valence-corrected chi connectivity index (χ2v) is 6.46. The van der Waals surface area contributed by atoms with Gasteiger partial charge in [0, 0.05) is 38.3 Å². The Bertz CT molecular complexity index is 667. The Hall–Kier alpha value is -2.14. The molecule has 2 heterocycles. The molecule has 1 aliphatic heterocycles. The fourth-order valence-corrected chi connectivity index (χ4v) is 3.30. The number of nitrogens with zero attached hydrogens (tertiary/aromatic N) is 4. The van der Waals surface area contributed by atoms with Crippen molar-refractivity contribution in [2.45, 2.75) is 32.7 Å². The number of carbonyl (C=O) groups excluding carboxylic acids is 1. The highest BCUT2D eigenvalue weighted by atomic mass is 16.2. The van der Waals surface area contributed by atoms with Crippen LogP contribution >= 0.6 is 0 Å². The van der Waals surface area contributed by atoms with Gasteiger partial charge in [0.2, 0.25) is 5.91 Å². The molecule has 3 rings (SSSR count). The van der Waals surface area contributed by atoms with Crippen LogP contribution in [0.15, 0.2) is 42.7 Å². The van der Waals surface area contributed by atoms with Gasteiger partial charge in [-0.2, -0.15) is 5.10 Å². The zero-order valence-electron chi connectivity index (χ0n) is 14.6. The van der Waals surface area contributed by atoms with Crippen LogP contribution in [0, 0.1) is 0 Å². The van der Waals surface area contributed by atoms with Crippen LogP contribution in [0.1, 0.15) is 25.8 Å². The topological polar surface area (TPSA) is 41.4 Å². The van der Waals surface area contributed by atoms with Crippen molar-refractivity contribution in [2.24, 2.45) is 0 Å². The molecular formula is C19H26N4O. The third kappa shape index (κ3) is 3.85. The third-order valence-corrected chi connectivity index (χ3v) is 4.76. The lowest BCUT2D eigenvalue weighted by molar-refractivity contribution is -0.135. The van der Waals surface area contributed by atoms with Gasteiger partial charge in [-0.15, -0.1) is 0 Å². The molecule has 5 heteroatoms.